The Morgan fingerprint density at radius 3 is 2.41 bits per heavy atom. The zero-order valence-electron chi connectivity index (χ0n) is 17.8. The zero-order chi connectivity index (χ0) is 22.3. The van der Waals surface area contributed by atoms with Crippen molar-refractivity contribution in [1.82, 2.24) is 4.57 Å². The molecule has 0 atom stereocenters. The van der Waals surface area contributed by atoms with Crippen LogP contribution in [0.25, 0.3) is 16.9 Å². The highest BCUT2D eigenvalue weighted by Crippen LogP contribution is 2.30. The normalized spacial score (nSPS) is 10.7. The van der Waals surface area contributed by atoms with Crippen LogP contribution in [0.4, 0.5) is 0 Å². The predicted molar refractivity (Wildman–Crippen MR) is 130 cm³/mol. The van der Waals surface area contributed by atoms with Crippen molar-refractivity contribution in [2.24, 2.45) is 0 Å². The van der Waals surface area contributed by atoms with Gasteiger partial charge in [-0.3, -0.25) is 4.79 Å². The van der Waals surface area contributed by atoms with Crippen LogP contribution in [0.15, 0.2) is 95.6 Å². The lowest BCUT2D eigenvalue weighted by molar-refractivity contribution is -0.143. The molecule has 0 fully saturated rings. The summed E-state index contributed by atoms with van der Waals surface area (Å²) in [5.74, 6) is 1.31. The third kappa shape index (κ3) is 5.29. The van der Waals surface area contributed by atoms with E-state index in [2.05, 4.69) is 57.0 Å². The van der Waals surface area contributed by atoms with Crippen molar-refractivity contribution in [1.29, 1.82) is 0 Å². The number of hydrogen-bond acceptors (Lipinski definition) is 3. The van der Waals surface area contributed by atoms with Crippen LogP contribution in [0.2, 0.25) is 0 Å². The molecule has 4 rings (SSSR count). The first kappa shape index (κ1) is 21.9. The molecule has 0 radical (unpaired) electrons. The first-order valence-electron chi connectivity index (χ1n) is 10.6. The number of ether oxygens (including phenoxy) is 2. The first-order chi connectivity index (χ1) is 15.6. The molecule has 162 valence electrons. The maximum absolute atomic E-state index is 11.7. The summed E-state index contributed by atoms with van der Waals surface area (Å²) < 4.78 is 14.4. The van der Waals surface area contributed by atoms with Gasteiger partial charge < -0.3 is 14.0 Å². The van der Waals surface area contributed by atoms with Gasteiger partial charge in [-0.15, -0.1) is 0 Å². The van der Waals surface area contributed by atoms with Crippen LogP contribution in [-0.2, 0) is 16.0 Å². The highest BCUT2D eigenvalue weighted by Gasteiger charge is 2.10. The number of esters is 1. The molecule has 0 aliphatic carbocycles. The van der Waals surface area contributed by atoms with E-state index in [-0.39, 0.29) is 5.97 Å². The molecule has 5 heteroatoms. The summed E-state index contributed by atoms with van der Waals surface area (Å²) in [5, 5.41) is 0. The molecule has 0 N–H and O–H groups in total. The van der Waals surface area contributed by atoms with Crippen molar-refractivity contribution in [2.45, 2.75) is 19.8 Å². The lowest BCUT2D eigenvalue weighted by Gasteiger charge is -2.13. The number of nitrogens with zero attached hydrogens (tertiary/aromatic N) is 1. The number of rotatable bonds is 8. The minimum absolute atomic E-state index is 0.194. The quantitative estimate of drug-likeness (QED) is 0.246. The van der Waals surface area contributed by atoms with E-state index in [1.807, 2.05) is 61.5 Å². The van der Waals surface area contributed by atoms with Gasteiger partial charge in [-0.2, -0.15) is 0 Å². The zero-order valence-corrected chi connectivity index (χ0v) is 19.4. The van der Waals surface area contributed by atoms with Gasteiger partial charge in [-0.25, -0.2) is 0 Å². The second kappa shape index (κ2) is 10.3. The Kier molecular flexibility index (Phi) is 7.07. The van der Waals surface area contributed by atoms with Crippen molar-refractivity contribution < 1.29 is 14.3 Å². The number of carbonyl (C=O) groups is 1. The Morgan fingerprint density at radius 1 is 0.906 bits per heavy atom. The van der Waals surface area contributed by atoms with Crippen molar-refractivity contribution >= 4 is 21.9 Å². The van der Waals surface area contributed by atoms with Crippen molar-refractivity contribution in [2.75, 3.05) is 6.61 Å². The topological polar surface area (TPSA) is 40.5 Å². The average molecular weight is 490 g/mol. The van der Waals surface area contributed by atoms with E-state index >= 15 is 0 Å². The Bertz CT molecular complexity index is 1180. The second-order valence-electron chi connectivity index (χ2n) is 7.28. The fourth-order valence-corrected chi connectivity index (χ4v) is 3.81. The Hall–Kier alpha value is -3.31. The summed E-state index contributed by atoms with van der Waals surface area (Å²) in [7, 11) is 0. The summed E-state index contributed by atoms with van der Waals surface area (Å²) >= 11 is 3.49. The van der Waals surface area contributed by atoms with E-state index in [9.17, 15) is 4.79 Å². The molecule has 3 aromatic carbocycles. The van der Waals surface area contributed by atoms with Gasteiger partial charge in [0, 0.05) is 22.8 Å². The van der Waals surface area contributed by atoms with Crippen LogP contribution in [0.1, 0.15) is 18.9 Å². The predicted octanol–water partition coefficient (Wildman–Crippen LogP) is 7.19. The van der Waals surface area contributed by atoms with Crippen molar-refractivity contribution in [3.63, 3.8) is 0 Å². The molecule has 0 spiro atoms. The minimum Gasteiger partial charge on any atom is -0.466 e. The van der Waals surface area contributed by atoms with E-state index in [0.29, 0.717) is 19.4 Å². The third-order valence-corrected chi connectivity index (χ3v) is 5.64. The highest BCUT2D eigenvalue weighted by molar-refractivity contribution is 9.10. The van der Waals surface area contributed by atoms with Crippen molar-refractivity contribution in [3.05, 3.63) is 101 Å². The Labute approximate surface area is 196 Å². The number of carbonyl (C=O) groups excluding carboxylic acids is 1. The lowest BCUT2D eigenvalue weighted by Crippen LogP contribution is -2.05. The average Bonchev–Trinajstić information content (AvgIpc) is 3.30. The van der Waals surface area contributed by atoms with Gasteiger partial charge in [0.1, 0.15) is 11.5 Å². The van der Waals surface area contributed by atoms with Gasteiger partial charge in [0.2, 0.25) is 0 Å². The lowest BCUT2D eigenvalue weighted by atomic mass is 10.1. The van der Waals surface area contributed by atoms with Crippen LogP contribution in [0.5, 0.6) is 11.5 Å². The van der Waals surface area contributed by atoms with Gasteiger partial charge in [0.05, 0.1) is 12.3 Å². The molecule has 1 heterocycles. The standard InChI is InChI=1S/C27H24BrNO3/c1-2-31-27(30)18-11-21-6-3-4-8-26(21)32-24-16-9-20(10-17-24)25-7-5-19-29(25)23-14-12-22(28)13-15-23/h3-10,12-17,19H,2,11,18H2,1H3. The number of para-hydroxylation sites is 1. The maximum Gasteiger partial charge on any atom is 0.306 e. The van der Waals surface area contributed by atoms with E-state index in [1.165, 1.54) is 0 Å². The Balaban J connectivity index is 1.50. The number of benzene rings is 3. The molecule has 0 unspecified atom stereocenters. The van der Waals surface area contributed by atoms with Crippen LogP contribution >= 0.6 is 15.9 Å². The fraction of sp³-hybridized carbons (Fsp3) is 0.148. The molecule has 4 nitrogen and oxygen atoms in total. The van der Waals surface area contributed by atoms with Crippen LogP contribution in [-0.4, -0.2) is 17.1 Å². The molecule has 32 heavy (non-hydrogen) atoms. The molecule has 0 amide bonds. The number of halogens is 1. The number of hydrogen-bond donors (Lipinski definition) is 0. The maximum atomic E-state index is 11.7. The van der Waals surface area contributed by atoms with E-state index in [4.69, 9.17) is 9.47 Å². The molecule has 0 aliphatic heterocycles. The van der Waals surface area contributed by atoms with Crippen LogP contribution < -0.4 is 4.74 Å². The molecule has 0 bridgehead atoms. The number of aryl methyl sites for hydroxylation is 1. The summed E-state index contributed by atoms with van der Waals surface area (Å²) in [6.07, 6.45) is 2.97. The first-order valence-corrected chi connectivity index (χ1v) is 11.4. The molecule has 0 aliphatic rings. The number of aromatic nitrogens is 1. The molecule has 1 aromatic heterocycles. The second-order valence-corrected chi connectivity index (χ2v) is 8.19. The van der Waals surface area contributed by atoms with Gasteiger partial charge in [-0.1, -0.05) is 34.1 Å². The molecule has 4 aromatic rings. The fourth-order valence-electron chi connectivity index (χ4n) is 3.54. The van der Waals surface area contributed by atoms with E-state index in [1.54, 1.807) is 0 Å². The molecule has 0 saturated carbocycles. The SMILES string of the molecule is CCOC(=O)CCc1ccccc1Oc1ccc(-c2cccn2-c2ccc(Br)cc2)cc1. The van der Waals surface area contributed by atoms with E-state index < -0.39 is 0 Å². The largest absolute Gasteiger partial charge is 0.466 e. The Morgan fingerprint density at radius 2 is 1.66 bits per heavy atom. The van der Waals surface area contributed by atoms with Gasteiger partial charge >= 0.3 is 5.97 Å². The minimum atomic E-state index is -0.194. The summed E-state index contributed by atoms with van der Waals surface area (Å²) in [6, 6.07) is 28.2. The summed E-state index contributed by atoms with van der Waals surface area (Å²) in [4.78, 5) is 11.7. The van der Waals surface area contributed by atoms with Gasteiger partial charge in [0.15, 0.2) is 0 Å². The van der Waals surface area contributed by atoms with Gasteiger partial charge in [-0.05, 0) is 91.2 Å². The van der Waals surface area contributed by atoms with Crippen molar-refractivity contribution in [3.8, 4) is 28.4 Å². The molecular formula is C27H24BrNO3. The van der Waals surface area contributed by atoms with Crippen LogP contribution in [0, 0.1) is 0 Å². The third-order valence-electron chi connectivity index (χ3n) is 5.11. The van der Waals surface area contributed by atoms with E-state index in [0.717, 1.165) is 38.5 Å². The monoisotopic (exact) mass is 489 g/mol. The summed E-state index contributed by atoms with van der Waals surface area (Å²) in [6.45, 7) is 2.21. The molecular weight excluding hydrogens is 466 g/mol. The van der Waals surface area contributed by atoms with Crippen LogP contribution in [0.3, 0.4) is 0 Å². The highest BCUT2D eigenvalue weighted by atomic mass is 79.9. The summed E-state index contributed by atoms with van der Waals surface area (Å²) in [5.41, 5.74) is 4.28. The smallest absolute Gasteiger partial charge is 0.306 e. The van der Waals surface area contributed by atoms with Gasteiger partial charge in [0.25, 0.3) is 0 Å². The molecule has 0 saturated heterocycles.